The summed E-state index contributed by atoms with van der Waals surface area (Å²) in [4.78, 5) is 4.39. The highest BCUT2D eigenvalue weighted by atomic mass is 35.5. The average Bonchev–Trinajstić information content (AvgIpc) is 3.66. The van der Waals surface area contributed by atoms with Gasteiger partial charge in [0.2, 0.25) is 0 Å². The first kappa shape index (κ1) is 25.4. The van der Waals surface area contributed by atoms with E-state index in [1.165, 1.54) is 0 Å². The molecule has 4 aromatic carbocycles. The summed E-state index contributed by atoms with van der Waals surface area (Å²) in [6.45, 7) is 0. The van der Waals surface area contributed by atoms with Gasteiger partial charge in [-0.05, 0) is 69.1 Å². The summed E-state index contributed by atoms with van der Waals surface area (Å²) in [7, 11) is 1.94. The third-order valence-electron chi connectivity index (χ3n) is 7.59. The number of pyridine rings is 1. The number of aryl methyl sites for hydroxylation is 1. The summed E-state index contributed by atoms with van der Waals surface area (Å²) >= 11 is 12.8. The molecule has 3 aromatic heterocycles. The van der Waals surface area contributed by atoms with Crippen LogP contribution in [0.5, 0.6) is 0 Å². The molecule has 41 heavy (non-hydrogen) atoms. The number of nitrogens with two attached hydrogens (primary N) is 1. The molecule has 0 spiro atoms. The van der Waals surface area contributed by atoms with E-state index < -0.39 is 5.54 Å². The maximum atomic E-state index is 7.43. The number of imidazole rings is 1. The van der Waals surface area contributed by atoms with Crippen LogP contribution in [-0.2, 0) is 12.6 Å². The van der Waals surface area contributed by atoms with Crippen LogP contribution in [0.2, 0.25) is 10.0 Å². The molecule has 9 heteroatoms. The van der Waals surface area contributed by atoms with Crippen LogP contribution in [0.25, 0.3) is 38.8 Å². The lowest BCUT2D eigenvalue weighted by Crippen LogP contribution is -2.40. The summed E-state index contributed by atoms with van der Waals surface area (Å²) in [5.41, 5.74) is 14.2. The fourth-order valence-electron chi connectivity index (χ4n) is 5.65. The Hall–Kier alpha value is -4.56. The molecule has 1 unspecified atom stereocenters. The SMILES string of the molecule is Cn1cncc1C(N)(c1ccc(Cl)cc1)c1ccc2c(c1)c(-c1cccc(Cl)c1)c(-c1ccccc1)c1nnnn12. The van der Waals surface area contributed by atoms with Gasteiger partial charge >= 0.3 is 0 Å². The van der Waals surface area contributed by atoms with E-state index in [4.69, 9.17) is 28.9 Å². The van der Waals surface area contributed by atoms with Crippen LogP contribution in [0.1, 0.15) is 16.8 Å². The van der Waals surface area contributed by atoms with Crippen molar-refractivity contribution in [3.63, 3.8) is 0 Å². The molecule has 0 aliphatic rings. The smallest absolute Gasteiger partial charge is 0.188 e. The highest BCUT2D eigenvalue weighted by molar-refractivity contribution is 6.31. The summed E-state index contributed by atoms with van der Waals surface area (Å²) in [6.07, 6.45) is 3.56. The second kappa shape index (κ2) is 9.82. The molecule has 3 heterocycles. The van der Waals surface area contributed by atoms with Crippen LogP contribution in [0.3, 0.4) is 0 Å². The zero-order valence-electron chi connectivity index (χ0n) is 21.9. The van der Waals surface area contributed by atoms with Crippen molar-refractivity contribution in [3.05, 3.63) is 136 Å². The first-order chi connectivity index (χ1) is 19.9. The Labute approximate surface area is 245 Å². The first-order valence-electron chi connectivity index (χ1n) is 13.0. The first-order valence-corrected chi connectivity index (χ1v) is 13.7. The minimum absolute atomic E-state index is 0.634. The fraction of sp³-hybridized carbons (Fsp3) is 0.0625. The highest BCUT2D eigenvalue weighted by Gasteiger charge is 2.35. The predicted octanol–water partition coefficient (Wildman–Crippen LogP) is 6.90. The Morgan fingerprint density at radius 3 is 2.24 bits per heavy atom. The Balaban J connectivity index is 1.62. The summed E-state index contributed by atoms with van der Waals surface area (Å²) < 4.78 is 3.72. The number of fused-ring (bicyclic) bond motifs is 3. The molecule has 7 rings (SSSR count). The molecule has 7 aromatic rings. The molecule has 2 N–H and O–H groups in total. The molecular weight excluding hydrogens is 553 g/mol. The van der Waals surface area contributed by atoms with Crippen molar-refractivity contribution in [1.82, 2.24) is 29.6 Å². The van der Waals surface area contributed by atoms with E-state index in [1.807, 2.05) is 84.4 Å². The zero-order valence-corrected chi connectivity index (χ0v) is 23.4. The quantitative estimate of drug-likeness (QED) is 0.241. The van der Waals surface area contributed by atoms with Crippen LogP contribution in [-0.4, -0.2) is 29.6 Å². The maximum absolute atomic E-state index is 7.43. The third kappa shape index (κ3) is 4.09. The van der Waals surface area contributed by atoms with Gasteiger partial charge in [-0.2, -0.15) is 4.52 Å². The van der Waals surface area contributed by atoms with E-state index in [1.54, 1.807) is 17.0 Å². The van der Waals surface area contributed by atoms with Crippen molar-refractivity contribution >= 4 is 39.8 Å². The second-order valence-electron chi connectivity index (χ2n) is 9.98. The van der Waals surface area contributed by atoms with Crippen LogP contribution in [0.4, 0.5) is 0 Å². The average molecular weight is 576 g/mol. The van der Waals surface area contributed by atoms with Gasteiger partial charge in [0.15, 0.2) is 5.65 Å². The molecule has 0 bridgehead atoms. The standard InChI is InChI=1S/C32H23Cl2N7/c1-40-19-36-18-28(40)32(35,22-10-13-24(33)14-11-22)23-12-15-27-26(17-23)29(21-8-5-9-25(34)16-21)30(20-6-3-2-4-7-20)31-37-38-39-41(27)31/h2-19H,35H2,1H3. The van der Waals surface area contributed by atoms with Crippen molar-refractivity contribution in [2.45, 2.75) is 5.54 Å². The summed E-state index contributed by atoms with van der Waals surface area (Å²) in [6, 6.07) is 31.7. The zero-order chi connectivity index (χ0) is 28.1. The minimum Gasteiger partial charge on any atom is -0.336 e. The maximum Gasteiger partial charge on any atom is 0.188 e. The van der Waals surface area contributed by atoms with Crippen LogP contribution < -0.4 is 5.73 Å². The van der Waals surface area contributed by atoms with Gasteiger partial charge in [-0.15, -0.1) is 5.10 Å². The lowest BCUT2D eigenvalue weighted by Gasteiger charge is -2.32. The van der Waals surface area contributed by atoms with E-state index in [0.717, 1.165) is 50.0 Å². The van der Waals surface area contributed by atoms with E-state index in [9.17, 15) is 0 Å². The van der Waals surface area contributed by atoms with Gasteiger partial charge < -0.3 is 10.3 Å². The fourth-order valence-corrected chi connectivity index (χ4v) is 5.97. The van der Waals surface area contributed by atoms with Gasteiger partial charge in [0.1, 0.15) is 5.54 Å². The Morgan fingerprint density at radius 2 is 1.51 bits per heavy atom. The molecule has 0 saturated heterocycles. The molecule has 0 radical (unpaired) electrons. The minimum atomic E-state index is -1.04. The molecule has 0 aliphatic heterocycles. The molecule has 1 atom stereocenters. The lowest BCUT2D eigenvalue weighted by atomic mass is 9.80. The van der Waals surface area contributed by atoms with Gasteiger partial charge in [-0.1, -0.05) is 83.9 Å². The number of hydrogen-bond donors (Lipinski definition) is 1. The van der Waals surface area contributed by atoms with Crippen molar-refractivity contribution in [1.29, 1.82) is 0 Å². The van der Waals surface area contributed by atoms with Crippen LogP contribution in [0, 0.1) is 0 Å². The largest absolute Gasteiger partial charge is 0.336 e. The molecule has 0 aliphatic carbocycles. The summed E-state index contributed by atoms with van der Waals surface area (Å²) in [5, 5.41) is 15.1. The number of hydrogen-bond acceptors (Lipinski definition) is 5. The van der Waals surface area contributed by atoms with Gasteiger partial charge in [0.25, 0.3) is 0 Å². The summed E-state index contributed by atoms with van der Waals surface area (Å²) in [5.74, 6) is 0. The van der Waals surface area contributed by atoms with Gasteiger partial charge in [0.05, 0.1) is 23.7 Å². The van der Waals surface area contributed by atoms with Gasteiger partial charge in [-0.3, -0.25) is 0 Å². The number of rotatable bonds is 5. The highest BCUT2D eigenvalue weighted by Crippen LogP contribution is 2.43. The Bertz CT molecular complexity index is 2050. The molecular formula is C32H23Cl2N7. The number of benzene rings is 4. The monoisotopic (exact) mass is 575 g/mol. The topological polar surface area (TPSA) is 86.9 Å². The van der Waals surface area contributed by atoms with E-state index in [2.05, 4.69) is 44.8 Å². The normalized spacial score (nSPS) is 13.1. The van der Waals surface area contributed by atoms with Crippen molar-refractivity contribution in [2.75, 3.05) is 0 Å². The number of nitrogens with zero attached hydrogens (tertiary/aromatic N) is 6. The van der Waals surface area contributed by atoms with Crippen molar-refractivity contribution in [2.24, 2.45) is 12.8 Å². The Kier molecular flexibility index (Phi) is 6.08. The molecule has 0 amide bonds. The number of aromatic nitrogens is 6. The predicted molar refractivity (Wildman–Crippen MR) is 163 cm³/mol. The van der Waals surface area contributed by atoms with Crippen molar-refractivity contribution < 1.29 is 0 Å². The van der Waals surface area contributed by atoms with Gasteiger partial charge in [0, 0.05) is 33.6 Å². The van der Waals surface area contributed by atoms with Crippen LogP contribution in [0.15, 0.2) is 110 Å². The number of tetrazole rings is 1. The molecule has 200 valence electrons. The lowest BCUT2D eigenvalue weighted by molar-refractivity contribution is 0.596. The van der Waals surface area contributed by atoms with E-state index in [0.29, 0.717) is 15.7 Å². The van der Waals surface area contributed by atoms with Gasteiger partial charge in [-0.25, -0.2) is 4.98 Å². The van der Waals surface area contributed by atoms with Crippen molar-refractivity contribution in [3.8, 4) is 22.3 Å². The molecule has 0 saturated carbocycles. The second-order valence-corrected chi connectivity index (χ2v) is 10.9. The third-order valence-corrected chi connectivity index (χ3v) is 8.08. The molecule has 0 fully saturated rings. The number of halogens is 2. The van der Waals surface area contributed by atoms with E-state index in [-0.39, 0.29) is 0 Å². The molecule has 7 nitrogen and oxygen atoms in total. The Morgan fingerprint density at radius 1 is 0.756 bits per heavy atom. The van der Waals surface area contributed by atoms with E-state index >= 15 is 0 Å². The van der Waals surface area contributed by atoms with Crippen LogP contribution >= 0.6 is 23.2 Å².